The van der Waals surface area contributed by atoms with E-state index in [4.69, 9.17) is 23.2 Å². The number of nitrogens with one attached hydrogen (secondary N) is 2. The second kappa shape index (κ2) is 9.99. The van der Waals surface area contributed by atoms with Gasteiger partial charge in [0.2, 0.25) is 0 Å². The highest BCUT2D eigenvalue weighted by Crippen LogP contribution is 2.43. The standard InChI is InChI=1S/C26H23Cl2F3N6O/c1-14-24(15(2)36(34-14)13-17-8-9-18(27)10-19(17)28)33-25(38)21-12-23-32-20(16-6-4-3-5-7-16)11-22(26(29,30)31)37(23)35-21/h3-10,12,20,22,32H,11,13H2,1-2H3,(H,33,38)/t20-,22-/m1/s1. The molecule has 0 bridgehead atoms. The van der Waals surface area contributed by atoms with Crippen LogP contribution in [0.3, 0.4) is 0 Å². The van der Waals surface area contributed by atoms with Gasteiger partial charge in [0.25, 0.3) is 5.91 Å². The summed E-state index contributed by atoms with van der Waals surface area (Å²) >= 11 is 12.3. The number of rotatable bonds is 5. The number of amides is 1. The molecule has 1 aliphatic rings. The topological polar surface area (TPSA) is 76.8 Å². The van der Waals surface area contributed by atoms with Crippen molar-refractivity contribution in [3.63, 3.8) is 0 Å². The molecule has 1 aliphatic heterocycles. The first-order valence-electron chi connectivity index (χ1n) is 11.8. The molecule has 2 aromatic heterocycles. The van der Waals surface area contributed by atoms with Gasteiger partial charge in [-0.3, -0.25) is 9.48 Å². The predicted molar refractivity (Wildman–Crippen MR) is 140 cm³/mol. The highest BCUT2D eigenvalue weighted by molar-refractivity contribution is 6.35. The van der Waals surface area contributed by atoms with E-state index in [1.807, 2.05) is 0 Å². The molecule has 12 heteroatoms. The van der Waals surface area contributed by atoms with Crippen LogP contribution < -0.4 is 10.6 Å². The molecule has 1 amide bonds. The molecule has 38 heavy (non-hydrogen) atoms. The number of halogens is 5. The summed E-state index contributed by atoms with van der Waals surface area (Å²) in [7, 11) is 0. The lowest BCUT2D eigenvalue weighted by Gasteiger charge is -2.33. The minimum Gasteiger partial charge on any atom is -0.363 e. The normalized spacial score (nSPS) is 17.1. The number of anilines is 2. The molecule has 0 saturated heterocycles. The van der Waals surface area contributed by atoms with Crippen molar-refractivity contribution in [1.82, 2.24) is 19.6 Å². The Bertz CT molecular complexity index is 1500. The van der Waals surface area contributed by atoms with Crippen molar-refractivity contribution in [2.75, 3.05) is 10.6 Å². The number of aromatic nitrogens is 4. The predicted octanol–water partition coefficient (Wildman–Crippen LogP) is 6.96. The molecular weight excluding hydrogens is 540 g/mol. The Labute approximate surface area is 226 Å². The van der Waals surface area contributed by atoms with Crippen LogP contribution in [0.4, 0.5) is 24.7 Å². The number of alkyl halides is 3. The van der Waals surface area contributed by atoms with Gasteiger partial charge in [0, 0.05) is 22.5 Å². The molecule has 2 N–H and O–H groups in total. The second-order valence-corrected chi connectivity index (χ2v) is 10.00. The van der Waals surface area contributed by atoms with Crippen LogP contribution in [0.2, 0.25) is 10.0 Å². The largest absolute Gasteiger partial charge is 0.410 e. The van der Waals surface area contributed by atoms with Gasteiger partial charge in [-0.05, 0) is 37.1 Å². The Morgan fingerprint density at radius 3 is 2.53 bits per heavy atom. The Balaban J connectivity index is 1.40. The monoisotopic (exact) mass is 562 g/mol. The second-order valence-electron chi connectivity index (χ2n) is 9.15. The third kappa shape index (κ3) is 5.10. The van der Waals surface area contributed by atoms with Crippen molar-refractivity contribution in [2.45, 2.75) is 45.1 Å². The van der Waals surface area contributed by atoms with Gasteiger partial charge in [0.1, 0.15) is 5.82 Å². The molecule has 0 saturated carbocycles. The molecule has 0 aliphatic carbocycles. The van der Waals surface area contributed by atoms with Crippen molar-refractivity contribution < 1.29 is 18.0 Å². The smallest absolute Gasteiger partial charge is 0.363 e. The van der Waals surface area contributed by atoms with Crippen molar-refractivity contribution >= 4 is 40.6 Å². The van der Waals surface area contributed by atoms with Gasteiger partial charge in [0.15, 0.2) is 11.7 Å². The number of fused-ring (bicyclic) bond motifs is 1. The highest BCUT2D eigenvalue weighted by Gasteiger charge is 2.46. The highest BCUT2D eigenvalue weighted by atomic mass is 35.5. The summed E-state index contributed by atoms with van der Waals surface area (Å²) in [4.78, 5) is 13.1. The number of hydrogen-bond donors (Lipinski definition) is 2. The van der Waals surface area contributed by atoms with E-state index < -0.39 is 24.2 Å². The van der Waals surface area contributed by atoms with Crippen LogP contribution in [0, 0.1) is 13.8 Å². The van der Waals surface area contributed by atoms with E-state index in [2.05, 4.69) is 20.8 Å². The molecule has 0 radical (unpaired) electrons. The molecule has 5 rings (SSSR count). The van der Waals surface area contributed by atoms with Crippen LogP contribution in [0.15, 0.2) is 54.6 Å². The first-order valence-corrected chi connectivity index (χ1v) is 12.5. The van der Waals surface area contributed by atoms with Crippen molar-refractivity contribution in [1.29, 1.82) is 0 Å². The average molecular weight is 563 g/mol. The Hall–Kier alpha value is -3.50. The first kappa shape index (κ1) is 26.1. The Morgan fingerprint density at radius 2 is 1.84 bits per heavy atom. The minimum atomic E-state index is -4.54. The van der Waals surface area contributed by atoms with Crippen LogP contribution in [0.5, 0.6) is 0 Å². The van der Waals surface area contributed by atoms with Gasteiger partial charge in [-0.1, -0.05) is 59.6 Å². The molecule has 2 atom stereocenters. The number of aryl methyl sites for hydroxylation is 1. The third-order valence-corrected chi connectivity index (χ3v) is 7.17. The SMILES string of the molecule is Cc1nn(Cc2ccc(Cl)cc2Cl)c(C)c1NC(=O)c1cc2n(n1)[C@@H](C(F)(F)F)C[C@H](c1ccccc1)N2. The van der Waals surface area contributed by atoms with Gasteiger partial charge in [0.05, 0.1) is 29.7 Å². The van der Waals surface area contributed by atoms with Crippen LogP contribution in [0.25, 0.3) is 0 Å². The number of benzene rings is 2. The zero-order valence-corrected chi connectivity index (χ0v) is 21.9. The van der Waals surface area contributed by atoms with Gasteiger partial charge in [-0.15, -0.1) is 0 Å². The van der Waals surface area contributed by atoms with E-state index in [0.717, 1.165) is 15.8 Å². The van der Waals surface area contributed by atoms with E-state index in [-0.39, 0.29) is 17.9 Å². The molecule has 0 spiro atoms. The first-order chi connectivity index (χ1) is 18.0. The molecule has 7 nitrogen and oxygen atoms in total. The quantitative estimate of drug-likeness (QED) is 0.275. The fourth-order valence-electron chi connectivity index (χ4n) is 4.61. The maximum Gasteiger partial charge on any atom is 0.410 e. The van der Waals surface area contributed by atoms with E-state index in [1.165, 1.54) is 6.07 Å². The Morgan fingerprint density at radius 1 is 1.11 bits per heavy atom. The van der Waals surface area contributed by atoms with E-state index >= 15 is 0 Å². The van der Waals surface area contributed by atoms with Crippen LogP contribution >= 0.6 is 23.2 Å². The van der Waals surface area contributed by atoms with Crippen molar-refractivity contribution in [3.8, 4) is 0 Å². The molecule has 198 valence electrons. The zero-order chi connectivity index (χ0) is 27.2. The van der Waals surface area contributed by atoms with Gasteiger partial charge in [-0.25, -0.2) is 4.68 Å². The summed E-state index contributed by atoms with van der Waals surface area (Å²) in [5.41, 5.74) is 3.02. The average Bonchev–Trinajstić information content (AvgIpc) is 3.41. The van der Waals surface area contributed by atoms with Crippen molar-refractivity contribution in [3.05, 3.63) is 92.9 Å². The fourth-order valence-corrected chi connectivity index (χ4v) is 5.08. The summed E-state index contributed by atoms with van der Waals surface area (Å²) in [5, 5.41) is 15.4. The maximum atomic E-state index is 14.0. The van der Waals surface area contributed by atoms with E-state index in [9.17, 15) is 18.0 Å². The minimum absolute atomic E-state index is 0.124. The van der Waals surface area contributed by atoms with Gasteiger partial charge in [-0.2, -0.15) is 23.4 Å². The summed E-state index contributed by atoms with van der Waals surface area (Å²) in [6, 6.07) is 12.9. The number of carbonyl (C=O) groups is 1. The lowest BCUT2D eigenvalue weighted by atomic mass is 9.97. The van der Waals surface area contributed by atoms with Crippen LogP contribution in [0.1, 0.15) is 51.5 Å². The lowest BCUT2D eigenvalue weighted by Crippen LogP contribution is -2.35. The van der Waals surface area contributed by atoms with E-state index in [1.54, 1.807) is 67.1 Å². The van der Waals surface area contributed by atoms with Crippen LogP contribution in [-0.4, -0.2) is 31.6 Å². The molecule has 2 aromatic carbocycles. The van der Waals surface area contributed by atoms with Crippen LogP contribution in [-0.2, 0) is 6.54 Å². The summed E-state index contributed by atoms with van der Waals surface area (Å²) in [6.07, 6.45) is -4.79. The molecule has 4 aromatic rings. The Kier molecular flexibility index (Phi) is 6.87. The molecule has 3 heterocycles. The van der Waals surface area contributed by atoms with E-state index in [0.29, 0.717) is 33.7 Å². The maximum absolute atomic E-state index is 14.0. The number of carbonyl (C=O) groups excluding carboxylic acids is 1. The van der Waals surface area contributed by atoms with Crippen molar-refractivity contribution in [2.24, 2.45) is 0 Å². The van der Waals surface area contributed by atoms with Gasteiger partial charge >= 0.3 is 6.18 Å². The zero-order valence-electron chi connectivity index (χ0n) is 20.4. The summed E-state index contributed by atoms with van der Waals surface area (Å²) in [5.74, 6) is -0.514. The number of nitrogens with zero attached hydrogens (tertiary/aromatic N) is 4. The number of hydrogen-bond acceptors (Lipinski definition) is 4. The summed E-state index contributed by atoms with van der Waals surface area (Å²) < 4.78 is 44.5. The lowest BCUT2D eigenvalue weighted by molar-refractivity contribution is -0.173. The van der Waals surface area contributed by atoms with Gasteiger partial charge < -0.3 is 10.6 Å². The summed E-state index contributed by atoms with van der Waals surface area (Å²) in [6.45, 7) is 3.85. The molecule has 0 fully saturated rings. The molecular formula is C26H23Cl2F3N6O. The molecule has 0 unspecified atom stereocenters. The third-order valence-electron chi connectivity index (χ3n) is 6.58. The fraction of sp³-hybridized carbons (Fsp3) is 0.269.